The largest absolute Gasteiger partial charge is 0.443 e. The van der Waals surface area contributed by atoms with Gasteiger partial charge in [0.05, 0.1) is 15.8 Å². The van der Waals surface area contributed by atoms with Crippen LogP contribution in [0.2, 0.25) is 0 Å². The molecule has 0 unspecified atom stereocenters. The van der Waals surface area contributed by atoms with Gasteiger partial charge in [0, 0.05) is 19.3 Å². The normalized spacial score (nSPS) is 11.5. The van der Waals surface area contributed by atoms with Crippen LogP contribution in [0.4, 0.5) is 28.2 Å². The van der Waals surface area contributed by atoms with Crippen LogP contribution in [-0.4, -0.2) is 51.5 Å². The molecule has 2 heterocycles. The molecule has 0 radical (unpaired) electrons. The van der Waals surface area contributed by atoms with Gasteiger partial charge < -0.3 is 15.4 Å². The maximum Gasteiger partial charge on any atom is 0.420 e. The number of ether oxygens (including phenoxy) is 1. The summed E-state index contributed by atoms with van der Waals surface area (Å²) in [5.74, 6) is -8.20. The molecule has 1 amide bonds. The van der Waals surface area contributed by atoms with Gasteiger partial charge in [-0.2, -0.15) is 0 Å². The Labute approximate surface area is 196 Å². The van der Waals surface area contributed by atoms with Gasteiger partial charge in [0.15, 0.2) is 28.9 Å². The van der Waals surface area contributed by atoms with E-state index in [9.17, 15) is 27.2 Å². The number of rotatable bonds is 6. The van der Waals surface area contributed by atoms with Crippen LogP contribution in [0.15, 0.2) is 23.5 Å². The first-order valence-electron chi connectivity index (χ1n) is 9.93. The summed E-state index contributed by atoms with van der Waals surface area (Å²) >= 11 is 0.578. The summed E-state index contributed by atoms with van der Waals surface area (Å²) in [4.78, 5) is 32.3. The lowest BCUT2D eigenvalue weighted by atomic mass is 10.1. The number of nitrogens with zero attached hydrogens (tertiary/aromatic N) is 3. The van der Waals surface area contributed by atoms with Gasteiger partial charge in [-0.15, -0.1) is 11.8 Å². The van der Waals surface area contributed by atoms with Gasteiger partial charge in [-0.3, -0.25) is 4.79 Å². The minimum absolute atomic E-state index is 0.0812. The highest BCUT2D eigenvalue weighted by molar-refractivity contribution is 7.98. The van der Waals surface area contributed by atoms with E-state index < -0.39 is 51.3 Å². The Hall–Kier alpha value is -3.35. The van der Waals surface area contributed by atoms with Crippen molar-refractivity contribution in [2.45, 2.75) is 31.3 Å². The molecule has 0 aliphatic carbocycles. The molecule has 3 aromatic rings. The summed E-state index contributed by atoms with van der Waals surface area (Å²) in [6.45, 7) is 5.18. The van der Waals surface area contributed by atoms with Crippen molar-refractivity contribution in [3.63, 3.8) is 0 Å². The van der Waals surface area contributed by atoms with Crippen LogP contribution < -0.4 is 10.6 Å². The molecule has 0 saturated carbocycles. The molecule has 2 N–H and O–H groups in total. The Morgan fingerprint density at radius 2 is 1.74 bits per heavy atom. The van der Waals surface area contributed by atoms with E-state index in [1.54, 1.807) is 26.8 Å². The molecule has 0 atom stereocenters. The second-order valence-corrected chi connectivity index (χ2v) is 8.79. The van der Waals surface area contributed by atoms with E-state index in [4.69, 9.17) is 4.74 Å². The predicted octanol–water partition coefficient (Wildman–Crippen LogP) is 4.33. The standard InChI is InChI=1S/C21H21F4N5O3S/c1-21(2,3)33-20(32)30-8-5-10-17(28-9-29-18(10)30)26-6-7-27-19(31)11-12(22)13(23)14(24)15(25)16(11)34-4/h5,8-9H,6-7H2,1-4H3,(H,27,31)(H,26,28,29). The summed E-state index contributed by atoms with van der Waals surface area (Å²) in [5.41, 5.74) is -1.33. The number of carbonyl (C=O) groups excluding carboxylic acids is 2. The molecule has 3 rings (SSSR count). The first kappa shape index (κ1) is 25.3. The predicted molar refractivity (Wildman–Crippen MR) is 118 cm³/mol. The minimum Gasteiger partial charge on any atom is -0.443 e. The van der Waals surface area contributed by atoms with Gasteiger partial charge in [-0.05, 0) is 33.1 Å². The number of fused-ring (bicyclic) bond motifs is 1. The van der Waals surface area contributed by atoms with Gasteiger partial charge >= 0.3 is 6.09 Å². The average Bonchev–Trinajstić information content (AvgIpc) is 3.21. The van der Waals surface area contributed by atoms with Crippen molar-refractivity contribution >= 4 is 40.6 Å². The minimum atomic E-state index is -2.06. The molecular weight excluding hydrogens is 478 g/mol. The highest BCUT2D eigenvalue weighted by atomic mass is 32.2. The van der Waals surface area contributed by atoms with E-state index in [-0.39, 0.29) is 13.1 Å². The first-order valence-corrected chi connectivity index (χ1v) is 11.2. The lowest BCUT2D eigenvalue weighted by Crippen LogP contribution is -2.30. The van der Waals surface area contributed by atoms with E-state index in [2.05, 4.69) is 20.6 Å². The van der Waals surface area contributed by atoms with Gasteiger partial charge in [-0.25, -0.2) is 36.9 Å². The molecule has 34 heavy (non-hydrogen) atoms. The molecule has 8 nitrogen and oxygen atoms in total. The topological polar surface area (TPSA) is 98.1 Å². The van der Waals surface area contributed by atoms with E-state index >= 15 is 0 Å². The van der Waals surface area contributed by atoms with E-state index in [0.29, 0.717) is 28.6 Å². The summed E-state index contributed by atoms with van der Waals surface area (Å²) in [5, 5.41) is 5.75. The number of aromatic nitrogens is 3. The zero-order chi connectivity index (χ0) is 25.2. The quantitative estimate of drug-likeness (QED) is 0.171. The van der Waals surface area contributed by atoms with E-state index in [1.165, 1.54) is 23.3 Å². The molecule has 0 aliphatic rings. The van der Waals surface area contributed by atoms with Crippen LogP contribution in [0.1, 0.15) is 31.1 Å². The maximum absolute atomic E-state index is 14.1. The number of carbonyl (C=O) groups is 2. The number of anilines is 1. The van der Waals surface area contributed by atoms with Crippen LogP contribution in [0.5, 0.6) is 0 Å². The SMILES string of the molecule is CSc1c(F)c(F)c(F)c(F)c1C(=O)NCCNc1ncnc2c1ccn2C(=O)OC(C)(C)C. The Balaban J connectivity index is 1.70. The number of nitrogens with one attached hydrogen (secondary N) is 2. The van der Waals surface area contributed by atoms with Crippen molar-refractivity contribution in [3.05, 3.63) is 47.4 Å². The smallest absolute Gasteiger partial charge is 0.420 e. The van der Waals surface area contributed by atoms with Crippen molar-refractivity contribution in [1.29, 1.82) is 0 Å². The summed E-state index contributed by atoms with van der Waals surface area (Å²) in [6, 6.07) is 1.60. The van der Waals surface area contributed by atoms with Crippen molar-refractivity contribution in [1.82, 2.24) is 19.9 Å². The van der Waals surface area contributed by atoms with Crippen LogP contribution in [0.25, 0.3) is 11.0 Å². The second kappa shape index (κ2) is 9.87. The summed E-state index contributed by atoms with van der Waals surface area (Å²) in [7, 11) is 0. The summed E-state index contributed by atoms with van der Waals surface area (Å²) in [6.07, 6.45) is 3.39. The molecule has 0 fully saturated rings. The third kappa shape index (κ3) is 5.08. The molecule has 2 aromatic heterocycles. The first-order chi connectivity index (χ1) is 16.0. The molecule has 182 valence electrons. The zero-order valence-electron chi connectivity index (χ0n) is 18.6. The molecular formula is C21H21F4N5O3S. The monoisotopic (exact) mass is 499 g/mol. The average molecular weight is 499 g/mol. The Bertz CT molecular complexity index is 1260. The highest BCUT2D eigenvalue weighted by Gasteiger charge is 2.28. The molecule has 0 spiro atoms. The third-order valence-electron chi connectivity index (χ3n) is 4.43. The maximum atomic E-state index is 14.1. The molecule has 13 heteroatoms. The van der Waals surface area contributed by atoms with Crippen LogP contribution in [-0.2, 0) is 4.74 Å². The fraction of sp³-hybridized carbons (Fsp3) is 0.333. The fourth-order valence-corrected chi connectivity index (χ4v) is 3.66. The number of halogens is 4. The lowest BCUT2D eigenvalue weighted by molar-refractivity contribution is 0.0543. The molecule has 1 aromatic carbocycles. The zero-order valence-corrected chi connectivity index (χ0v) is 19.4. The number of thioether (sulfide) groups is 1. The highest BCUT2D eigenvalue weighted by Crippen LogP contribution is 2.30. The van der Waals surface area contributed by atoms with Gasteiger partial charge in [-0.1, -0.05) is 0 Å². The molecule has 0 bridgehead atoms. The second-order valence-electron chi connectivity index (χ2n) is 7.97. The molecule has 0 saturated heterocycles. The van der Waals surface area contributed by atoms with E-state index in [1.807, 2.05) is 0 Å². The van der Waals surface area contributed by atoms with Crippen molar-refractivity contribution in [2.24, 2.45) is 0 Å². The Kier molecular flexibility index (Phi) is 7.34. The van der Waals surface area contributed by atoms with E-state index in [0.717, 1.165) is 0 Å². The number of benzene rings is 1. The Morgan fingerprint density at radius 3 is 2.38 bits per heavy atom. The number of amides is 1. The lowest BCUT2D eigenvalue weighted by Gasteiger charge is -2.19. The van der Waals surface area contributed by atoms with Crippen molar-refractivity contribution in [3.8, 4) is 0 Å². The number of hydrogen-bond acceptors (Lipinski definition) is 7. The third-order valence-corrected chi connectivity index (χ3v) is 5.22. The van der Waals surface area contributed by atoms with Crippen molar-refractivity contribution in [2.75, 3.05) is 24.7 Å². The number of hydrogen-bond donors (Lipinski definition) is 2. The Morgan fingerprint density at radius 1 is 1.06 bits per heavy atom. The van der Waals surface area contributed by atoms with Gasteiger partial charge in [0.1, 0.15) is 17.7 Å². The van der Waals surface area contributed by atoms with Gasteiger partial charge in [0.25, 0.3) is 5.91 Å². The van der Waals surface area contributed by atoms with Crippen LogP contribution >= 0.6 is 11.8 Å². The van der Waals surface area contributed by atoms with Gasteiger partial charge in [0.2, 0.25) is 0 Å². The summed E-state index contributed by atoms with van der Waals surface area (Å²) < 4.78 is 61.7. The van der Waals surface area contributed by atoms with Crippen LogP contribution in [0, 0.1) is 23.3 Å². The fourth-order valence-electron chi connectivity index (χ4n) is 3.00. The van der Waals surface area contributed by atoms with Crippen LogP contribution in [0.3, 0.4) is 0 Å². The molecule has 0 aliphatic heterocycles. The van der Waals surface area contributed by atoms with Crippen molar-refractivity contribution < 1.29 is 31.9 Å².